The van der Waals surface area contributed by atoms with Gasteiger partial charge in [0.2, 0.25) is 0 Å². The van der Waals surface area contributed by atoms with Crippen molar-refractivity contribution in [3.8, 4) is 0 Å². The Hall–Kier alpha value is -2.24. The molecule has 2 aliphatic heterocycles. The van der Waals surface area contributed by atoms with E-state index in [4.69, 9.17) is 4.74 Å². The summed E-state index contributed by atoms with van der Waals surface area (Å²) in [6, 6.07) is 4.50. The highest BCUT2D eigenvalue weighted by atomic mass is 16.6. The number of Topliss-reactive ketones (excluding diaryl/α,β-unsaturated/α-hetero) is 1. The lowest BCUT2D eigenvalue weighted by Crippen LogP contribution is -2.60. The number of carbonyl (C=O) groups is 2. The Labute approximate surface area is 154 Å². The highest BCUT2D eigenvalue weighted by Gasteiger charge is 2.37. The molecule has 1 aliphatic carbocycles. The van der Waals surface area contributed by atoms with Crippen LogP contribution in [0.5, 0.6) is 0 Å². The summed E-state index contributed by atoms with van der Waals surface area (Å²) in [6.07, 6.45) is 1.23. The Morgan fingerprint density at radius 2 is 1.88 bits per heavy atom. The lowest BCUT2D eigenvalue weighted by Gasteiger charge is -2.48. The second-order valence-corrected chi connectivity index (χ2v) is 8.58. The van der Waals surface area contributed by atoms with Crippen LogP contribution in [0.4, 0.5) is 16.2 Å². The lowest BCUT2D eigenvalue weighted by molar-refractivity contribution is 0.0215. The molecule has 2 heterocycles. The number of piperazine rings is 1. The number of carbonyl (C=O) groups excluding carboxylic acids is 2. The Balaban J connectivity index is 1.58. The van der Waals surface area contributed by atoms with E-state index in [1.807, 2.05) is 25.7 Å². The topological polar surface area (TPSA) is 53.1 Å². The van der Waals surface area contributed by atoms with Crippen molar-refractivity contribution in [3.63, 3.8) is 0 Å². The van der Waals surface area contributed by atoms with E-state index in [0.717, 1.165) is 36.3 Å². The van der Waals surface area contributed by atoms with Gasteiger partial charge in [-0.15, -0.1) is 0 Å². The maximum Gasteiger partial charge on any atom is 0.410 e. The van der Waals surface area contributed by atoms with Gasteiger partial charge in [-0.2, -0.15) is 0 Å². The number of ketones is 1. The second kappa shape index (κ2) is 5.89. The molecule has 26 heavy (non-hydrogen) atoms. The molecule has 0 bridgehead atoms. The summed E-state index contributed by atoms with van der Waals surface area (Å²) in [6.45, 7) is 8.63. The Morgan fingerprint density at radius 1 is 1.12 bits per heavy atom. The van der Waals surface area contributed by atoms with Crippen LogP contribution in [0.3, 0.4) is 0 Å². The summed E-state index contributed by atoms with van der Waals surface area (Å²) in [7, 11) is 2.06. The number of hydrogen-bond acceptors (Lipinski definition) is 5. The summed E-state index contributed by atoms with van der Waals surface area (Å²) >= 11 is 0. The van der Waals surface area contributed by atoms with Crippen LogP contribution >= 0.6 is 0 Å². The predicted octanol–water partition coefficient (Wildman–Crippen LogP) is 2.69. The van der Waals surface area contributed by atoms with Gasteiger partial charge in [0.25, 0.3) is 0 Å². The Bertz CT molecular complexity index is 768. The molecular formula is C20H27N3O3. The summed E-state index contributed by atoms with van der Waals surface area (Å²) in [5, 5.41) is 0. The third-order valence-electron chi connectivity index (χ3n) is 5.46. The second-order valence-electron chi connectivity index (χ2n) is 8.58. The van der Waals surface area contributed by atoms with E-state index in [9.17, 15) is 9.59 Å². The molecular weight excluding hydrogens is 330 g/mol. The first-order chi connectivity index (χ1) is 12.2. The lowest BCUT2D eigenvalue weighted by atomic mass is 10.00. The normalized spacial score (nSPS) is 22.1. The average Bonchev–Trinajstić information content (AvgIpc) is 2.92. The van der Waals surface area contributed by atoms with Crippen molar-refractivity contribution in [3.05, 3.63) is 23.3 Å². The Kier molecular flexibility index (Phi) is 3.90. The van der Waals surface area contributed by atoms with Crippen LogP contribution in [0.1, 0.15) is 43.1 Å². The van der Waals surface area contributed by atoms with E-state index in [1.165, 1.54) is 5.69 Å². The van der Waals surface area contributed by atoms with Crippen LogP contribution in [0, 0.1) is 0 Å². The van der Waals surface area contributed by atoms with Gasteiger partial charge in [-0.1, -0.05) is 0 Å². The third-order valence-corrected chi connectivity index (χ3v) is 5.46. The first kappa shape index (κ1) is 17.2. The van der Waals surface area contributed by atoms with Gasteiger partial charge in [-0.05, 0) is 44.9 Å². The van der Waals surface area contributed by atoms with Gasteiger partial charge in [0.15, 0.2) is 5.78 Å². The largest absolute Gasteiger partial charge is 0.444 e. The third kappa shape index (κ3) is 2.91. The number of nitrogens with zero attached hydrogens (tertiary/aromatic N) is 3. The number of benzene rings is 1. The standard InChI is InChI=1S/C20H27N3O3/c1-20(2,3)26-19(25)22-7-8-23-14(12-22)11-21(4)16-10-15-13(9-17(16)23)5-6-18(15)24/h9-10,14H,5-8,11-12H2,1-4H3. The number of aryl methyl sites for hydroxylation is 1. The van der Waals surface area contributed by atoms with Crippen molar-refractivity contribution in [2.75, 3.05) is 43.0 Å². The molecule has 1 fully saturated rings. The number of amides is 1. The first-order valence-electron chi connectivity index (χ1n) is 9.39. The molecule has 0 radical (unpaired) electrons. The zero-order valence-electron chi connectivity index (χ0n) is 16.0. The van der Waals surface area contributed by atoms with Crippen LogP contribution in [0.2, 0.25) is 0 Å². The van der Waals surface area contributed by atoms with Crippen molar-refractivity contribution in [1.82, 2.24) is 4.90 Å². The molecule has 0 N–H and O–H groups in total. The summed E-state index contributed by atoms with van der Waals surface area (Å²) in [5.74, 6) is 0.257. The highest BCUT2D eigenvalue weighted by Crippen LogP contribution is 2.40. The minimum Gasteiger partial charge on any atom is -0.444 e. The molecule has 1 atom stereocenters. The Morgan fingerprint density at radius 3 is 2.62 bits per heavy atom. The van der Waals surface area contributed by atoms with Gasteiger partial charge in [0.1, 0.15) is 5.60 Å². The van der Waals surface area contributed by atoms with Crippen LogP contribution in [-0.4, -0.2) is 61.6 Å². The zero-order valence-corrected chi connectivity index (χ0v) is 16.0. The van der Waals surface area contributed by atoms with Crippen molar-refractivity contribution in [2.45, 2.75) is 45.3 Å². The molecule has 1 saturated heterocycles. The van der Waals surface area contributed by atoms with Crippen LogP contribution < -0.4 is 9.80 Å². The molecule has 1 unspecified atom stereocenters. The highest BCUT2D eigenvalue weighted by molar-refractivity contribution is 6.02. The van der Waals surface area contributed by atoms with Crippen molar-refractivity contribution < 1.29 is 14.3 Å². The number of anilines is 2. The molecule has 1 aromatic rings. The van der Waals surface area contributed by atoms with E-state index in [0.29, 0.717) is 19.5 Å². The molecule has 4 rings (SSSR count). The molecule has 1 aromatic carbocycles. The number of rotatable bonds is 0. The van der Waals surface area contributed by atoms with Gasteiger partial charge >= 0.3 is 6.09 Å². The monoisotopic (exact) mass is 357 g/mol. The van der Waals surface area contributed by atoms with Gasteiger partial charge in [0.05, 0.1) is 17.4 Å². The molecule has 1 amide bonds. The predicted molar refractivity (Wildman–Crippen MR) is 101 cm³/mol. The first-order valence-corrected chi connectivity index (χ1v) is 9.39. The van der Waals surface area contributed by atoms with E-state index in [1.54, 1.807) is 0 Å². The van der Waals surface area contributed by atoms with E-state index in [2.05, 4.69) is 29.0 Å². The van der Waals surface area contributed by atoms with Crippen molar-refractivity contribution >= 4 is 23.3 Å². The van der Waals surface area contributed by atoms with E-state index < -0.39 is 5.60 Å². The average molecular weight is 357 g/mol. The SMILES string of the molecule is CN1CC2CN(C(=O)OC(C)(C)C)CCN2c2cc3c(cc21)C(=O)CC3. The quantitative estimate of drug-likeness (QED) is 0.715. The number of likely N-dealkylation sites (N-methyl/N-ethyl adjacent to an activating group) is 1. The zero-order chi connectivity index (χ0) is 18.6. The molecule has 0 saturated carbocycles. The smallest absolute Gasteiger partial charge is 0.410 e. The van der Waals surface area contributed by atoms with Crippen molar-refractivity contribution in [1.29, 1.82) is 0 Å². The fourth-order valence-corrected chi connectivity index (χ4v) is 4.24. The molecule has 140 valence electrons. The minimum absolute atomic E-state index is 0.231. The van der Waals surface area contributed by atoms with E-state index >= 15 is 0 Å². The maximum atomic E-state index is 12.4. The van der Waals surface area contributed by atoms with Gasteiger partial charge in [0, 0.05) is 45.2 Å². The molecule has 0 spiro atoms. The molecule has 0 aromatic heterocycles. The van der Waals surface area contributed by atoms with Crippen LogP contribution in [0.25, 0.3) is 0 Å². The van der Waals surface area contributed by atoms with Gasteiger partial charge in [-0.25, -0.2) is 4.79 Å². The van der Waals surface area contributed by atoms with E-state index in [-0.39, 0.29) is 17.9 Å². The van der Waals surface area contributed by atoms with Gasteiger partial charge < -0.3 is 19.4 Å². The fraction of sp³-hybridized carbons (Fsp3) is 0.600. The molecule has 6 nitrogen and oxygen atoms in total. The fourth-order valence-electron chi connectivity index (χ4n) is 4.24. The van der Waals surface area contributed by atoms with Crippen LogP contribution in [0.15, 0.2) is 12.1 Å². The van der Waals surface area contributed by atoms with Crippen LogP contribution in [-0.2, 0) is 11.2 Å². The minimum atomic E-state index is -0.475. The number of ether oxygens (including phenoxy) is 1. The number of hydrogen-bond donors (Lipinski definition) is 0. The van der Waals surface area contributed by atoms with Crippen molar-refractivity contribution in [2.24, 2.45) is 0 Å². The van der Waals surface area contributed by atoms with Gasteiger partial charge in [-0.3, -0.25) is 4.79 Å². The summed E-state index contributed by atoms with van der Waals surface area (Å²) < 4.78 is 5.54. The molecule has 6 heteroatoms. The molecule has 3 aliphatic rings. The number of fused-ring (bicyclic) bond motifs is 4. The maximum absolute atomic E-state index is 12.4. The summed E-state index contributed by atoms with van der Waals surface area (Å²) in [5.41, 5.74) is 3.90. The summed E-state index contributed by atoms with van der Waals surface area (Å²) in [4.78, 5) is 31.0.